The topological polar surface area (TPSA) is 34.1 Å². The molecule has 4 heteroatoms. The Hall–Kier alpha value is -0.640. The van der Waals surface area contributed by atoms with E-state index < -0.39 is 0 Å². The number of methoxy groups -OCH3 is 1. The van der Waals surface area contributed by atoms with Gasteiger partial charge in [-0.05, 0) is 18.1 Å². The first-order chi connectivity index (χ1) is 7.77. The van der Waals surface area contributed by atoms with Crippen LogP contribution in [-0.4, -0.2) is 24.7 Å². The van der Waals surface area contributed by atoms with E-state index in [-0.39, 0.29) is 0 Å². The van der Waals surface area contributed by atoms with Gasteiger partial charge in [0.2, 0.25) is 0 Å². The van der Waals surface area contributed by atoms with Gasteiger partial charge in [-0.2, -0.15) is 0 Å². The molecule has 3 nitrogen and oxygen atoms in total. The van der Waals surface area contributed by atoms with Gasteiger partial charge in [-0.15, -0.1) is 0 Å². The first-order valence-electron chi connectivity index (χ1n) is 5.58. The van der Waals surface area contributed by atoms with Gasteiger partial charge in [0.25, 0.3) is 0 Å². The van der Waals surface area contributed by atoms with Crippen LogP contribution in [0.4, 0.5) is 0 Å². The summed E-state index contributed by atoms with van der Waals surface area (Å²) in [5.74, 6) is 0. The standard InChI is InChI=1S/C12H19ClN2O/c1-3-4-11(9-16-2)15-7-10-5-6-14-8-12(10)13/h5-6,8,11,15H,3-4,7,9H2,1-2H3. The largest absolute Gasteiger partial charge is 0.383 e. The van der Waals surface area contributed by atoms with Crippen LogP contribution < -0.4 is 5.32 Å². The number of rotatable bonds is 7. The molecular formula is C12H19ClN2O. The molecule has 90 valence electrons. The molecule has 0 aromatic carbocycles. The molecular weight excluding hydrogens is 224 g/mol. The molecule has 0 aliphatic heterocycles. The highest BCUT2D eigenvalue weighted by Crippen LogP contribution is 2.13. The SMILES string of the molecule is CCCC(COC)NCc1ccncc1Cl. The highest BCUT2D eigenvalue weighted by molar-refractivity contribution is 6.31. The number of pyridine rings is 1. The maximum Gasteiger partial charge on any atom is 0.0634 e. The lowest BCUT2D eigenvalue weighted by molar-refractivity contribution is 0.161. The van der Waals surface area contributed by atoms with E-state index in [0.717, 1.165) is 31.6 Å². The number of ether oxygens (including phenoxy) is 1. The number of aromatic nitrogens is 1. The van der Waals surface area contributed by atoms with Crippen LogP contribution in [0.25, 0.3) is 0 Å². The van der Waals surface area contributed by atoms with E-state index in [4.69, 9.17) is 16.3 Å². The second-order valence-electron chi connectivity index (χ2n) is 3.79. The Bertz CT molecular complexity index is 301. The molecule has 1 aromatic heterocycles. The van der Waals surface area contributed by atoms with Crippen LogP contribution >= 0.6 is 11.6 Å². The van der Waals surface area contributed by atoms with Crippen molar-refractivity contribution in [3.05, 3.63) is 29.0 Å². The molecule has 0 radical (unpaired) electrons. The number of nitrogens with zero attached hydrogens (tertiary/aromatic N) is 1. The van der Waals surface area contributed by atoms with E-state index in [0.29, 0.717) is 11.1 Å². The van der Waals surface area contributed by atoms with Crippen molar-refractivity contribution in [3.63, 3.8) is 0 Å². The summed E-state index contributed by atoms with van der Waals surface area (Å²) in [4.78, 5) is 3.96. The summed E-state index contributed by atoms with van der Waals surface area (Å²) in [6, 6.07) is 2.32. The van der Waals surface area contributed by atoms with E-state index >= 15 is 0 Å². The lowest BCUT2D eigenvalue weighted by Crippen LogP contribution is -2.32. The Balaban J connectivity index is 2.45. The zero-order chi connectivity index (χ0) is 11.8. The van der Waals surface area contributed by atoms with Crippen molar-refractivity contribution >= 4 is 11.6 Å². The summed E-state index contributed by atoms with van der Waals surface area (Å²) >= 11 is 6.03. The molecule has 0 saturated carbocycles. The summed E-state index contributed by atoms with van der Waals surface area (Å²) in [7, 11) is 1.73. The van der Waals surface area contributed by atoms with Gasteiger partial charge < -0.3 is 10.1 Å². The summed E-state index contributed by atoms with van der Waals surface area (Å²) < 4.78 is 5.17. The van der Waals surface area contributed by atoms with E-state index in [1.54, 1.807) is 19.5 Å². The third-order valence-corrected chi connectivity index (χ3v) is 2.78. The smallest absolute Gasteiger partial charge is 0.0634 e. The number of hydrogen-bond acceptors (Lipinski definition) is 3. The minimum atomic E-state index is 0.388. The van der Waals surface area contributed by atoms with Crippen LogP contribution in [-0.2, 0) is 11.3 Å². The van der Waals surface area contributed by atoms with E-state index in [1.807, 2.05) is 6.07 Å². The van der Waals surface area contributed by atoms with Crippen LogP contribution in [0.2, 0.25) is 5.02 Å². The maximum atomic E-state index is 6.03. The van der Waals surface area contributed by atoms with E-state index in [1.165, 1.54) is 0 Å². The van der Waals surface area contributed by atoms with Crippen molar-refractivity contribution in [1.82, 2.24) is 10.3 Å². The van der Waals surface area contributed by atoms with E-state index in [9.17, 15) is 0 Å². The van der Waals surface area contributed by atoms with Crippen molar-refractivity contribution in [1.29, 1.82) is 0 Å². The first-order valence-corrected chi connectivity index (χ1v) is 5.96. The van der Waals surface area contributed by atoms with E-state index in [2.05, 4.69) is 17.2 Å². The fourth-order valence-corrected chi connectivity index (χ4v) is 1.78. The summed E-state index contributed by atoms with van der Waals surface area (Å²) in [6.07, 6.45) is 5.68. The molecule has 0 saturated heterocycles. The molecule has 0 aliphatic rings. The van der Waals surface area contributed by atoms with Gasteiger partial charge >= 0.3 is 0 Å². The molecule has 0 bridgehead atoms. The molecule has 0 aliphatic carbocycles. The highest BCUT2D eigenvalue weighted by atomic mass is 35.5. The Morgan fingerprint density at radius 1 is 1.56 bits per heavy atom. The molecule has 16 heavy (non-hydrogen) atoms. The average Bonchev–Trinajstić information content (AvgIpc) is 2.28. The summed E-state index contributed by atoms with van der Waals surface area (Å²) in [6.45, 7) is 3.66. The predicted molar refractivity (Wildman–Crippen MR) is 66.7 cm³/mol. The lowest BCUT2D eigenvalue weighted by Gasteiger charge is -2.17. The van der Waals surface area contributed by atoms with Crippen LogP contribution in [0.5, 0.6) is 0 Å². The fraction of sp³-hybridized carbons (Fsp3) is 0.583. The van der Waals surface area contributed by atoms with Crippen molar-refractivity contribution in [2.45, 2.75) is 32.4 Å². The normalized spacial score (nSPS) is 12.7. The first kappa shape index (κ1) is 13.4. The van der Waals surface area contributed by atoms with Gasteiger partial charge in [0.1, 0.15) is 0 Å². The summed E-state index contributed by atoms with van der Waals surface area (Å²) in [5, 5.41) is 4.15. The van der Waals surface area contributed by atoms with Crippen LogP contribution in [0.1, 0.15) is 25.3 Å². The monoisotopic (exact) mass is 242 g/mol. The summed E-state index contributed by atoms with van der Waals surface area (Å²) in [5.41, 5.74) is 1.08. The third kappa shape index (κ3) is 4.47. The van der Waals surface area contributed by atoms with Crippen molar-refractivity contribution in [3.8, 4) is 0 Å². The fourth-order valence-electron chi connectivity index (χ4n) is 1.60. The Morgan fingerprint density at radius 2 is 2.38 bits per heavy atom. The van der Waals surface area contributed by atoms with Crippen molar-refractivity contribution < 1.29 is 4.74 Å². The van der Waals surface area contributed by atoms with Crippen LogP contribution in [0.15, 0.2) is 18.5 Å². The molecule has 1 atom stereocenters. The Kier molecular flexibility index (Phi) is 6.38. The molecule has 1 aromatic rings. The maximum absolute atomic E-state index is 6.03. The van der Waals surface area contributed by atoms with Gasteiger partial charge in [0.05, 0.1) is 11.6 Å². The van der Waals surface area contributed by atoms with Gasteiger partial charge in [0.15, 0.2) is 0 Å². The van der Waals surface area contributed by atoms with Gasteiger partial charge in [-0.25, -0.2) is 0 Å². The second kappa shape index (κ2) is 7.60. The predicted octanol–water partition coefficient (Wildman–Crippen LogP) is 2.64. The Morgan fingerprint density at radius 3 is 3.00 bits per heavy atom. The van der Waals surface area contributed by atoms with Gasteiger partial charge in [-0.1, -0.05) is 24.9 Å². The highest BCUT2D eigenvalue weighted by Gasteiger charge is 2.07. The second-order valence-corrected chi connectivity index (χ2v) is 4.20. The molecule has 1 rings (SSSR count). The third-order valence-electron chi connectivity index (χ3n) is 2.44. The molecule has 0 amide bonds. The average molecular weight is 243 g/mol. The molecule has 1 unspecified atom stereocenters. The minimum absolute atomic E-state index is 0.388. The zero-order valence-electron chi connectivity index (χ0n) is 9.87. The molecule has 1 heterocycles. The number of hydrogen-bond donors (Lipinski definition) is 1. The van der Waals surface area contributed by atoms with Crippen molar-refractivity contribution in [2.24, 2.45) is 0 Å². The molecule has 0 fully saturated rings. The number of nitrogens with one attached hydrogen (secondary N) is 1. The Labute approximate surface area is 102 Å². The van der Waals surface area contributed by atoms with Crippen molar-refractivity contribution in [2.75, 3.05) is 13.7 Å². The van der Waals surface area contributed by atoms with Crippen LogP contribution in [0, 0.1) is 0 Å². The van der Waals surface area contributed by atoms with Gasteiger partial charge in [-0.3, -0.25) is 4.98 Å². The lowest BCUT2D eigenvalue weighted by atomic mass is 10.1. The van der Waals surface area contributed by atoms with Crippen LogP contribution in [0.3, 0.4) is 0 Å². The quantitative estimate of drug-likeness (QED) is 0.798. The molecule has 1 N–H and O–H groups in total. The van der Waals surface area contributed by atoms with Gasteiger partial charge in [0, 0.05) is 32.1 Å². The zero-order valence-corrected chi connectivity index (χ0v) is 10.6. The minimum Gasteiger partial charge on any atom is -0.383 e. The molecule has 0 spiro atoms. The number of halogens is 1.